The van der Waals surface area contributed by atoms with Gasteiger partial charge in [-0.2, -0.15) is 10.1 Å². The highest BCUT2D eigenvalue weighted by molar-refractivity contribution is 5.73. The Labute approximate surface area is 176 Å². The van der Waals surface area contributed by atoms with Crippen LogP contribution < -0.4 is 11.1 Å². The van der Waals surface area contributed by atoms with Gasteiger partial charge in [0.05, 0.1) is 11.4 Å². The molecule has 6 nitrogen and oxygen atoms in total. The standard InChI is InChI=1S/C24H26N6/c1-16-21(17-9-11-20(12-10-17)30-14-6-13-26-30)28-23(25)29-22(16)27-19-8-5-7-18(15-19)24(2,3)4/h5-15H,1-4H3,(H3,25,27,28,29). The van der Waals surface area contributed by atoms with Crippen molar-refractivity contribution < 1.29 is 0 Å². The number of hydrogen-bond acceptors (Lipinski definition) is 5. The number of nitrogens with one attached hydrogen (secondary N) is 1. The molecule has 0 radical (unpaired) electrons. The fourth-order valence-electron chi connectivity index (χ4n) is 3.33. The number of hydrogen-bond donors (Lipinski definition) is 2. The summed E-state index contributed by atoms with van der Waals surface area (Å²) in [5.74, 6) is 0.945. The smallest absolute Gasteiger partial charge is 0.222 e. The quantitative estimate of drug-likeness (QED) is 0.490. The third-order valence-electron chi connectivity index (χ3n) is 5.06. The van der Waals surface area contributed by atoms with Gasteiger partial charge < -0.3 is 11.1 Å². The molecular formula is C24H26N6. The fourth-order valence-corrected chi connectivity index (χ4v) is 3.33. The van der Waals surface area contributed by atoms with Gasteiger partial charge in [-0.15, -0.1) is 0 Å². The lowest BCUT2D eigenvalue weighted by atomic mass is 9.87. The lowest BCUT2D eigenvalue weighted by molar-refractivity contribution is 0.590. The molecule has 0 fully saturated rings. The summed E-state index contributed by atoms with van der Waals surface area (Å²) in [7, 11) is 0. The van der Waals surface area contributed by atoms with Gasteiger partial charge in [0, 0.05) is 29.2 Å². The summed E-state index contributed by atoms with van der Waals surface area (Å²) in [6.45, 7) is 8.60. The van der Waals surface area contributed by atoms with Crippen molar-refractivity contribution in [2.75, 3.05) is 11.1 Å². The van der Waals surface area contributed by atoms with Crippen LogP contribution >= 0.6 is 0 Å². The van der Waals surface area contributed by atoms with Crippen LogP contribution in [0.1, 0.15) is 31.9 Å². The first kappa shape index (κ1) is 19.6. The third kappa shape index (κ3) is 4.03. The summed E-state index contributed by atoms with van der Waals surface area (Å²) in [6.07, 6.45) is 3.67. The zero-order chi connectivity index (χ0) is 21.3. The lowest BCUT2D eigenvalue weighted by Gasteiger charge is -2.20. The van der Waals surface area contributed by atoms with E-state index in [-0.39, 0.29) is 11.4 Å². The van der Waals surface area contributed by atoms with E-state index in [0.29, 0.717) is 5.82 Å². The van der Waals surface area contributed by atoms with Gasteiger partial charge in [0.2, 0.25) is 5.95 Å². The highest BCUT2D eigenvalue weighted by Gasteiger charge is 2.15. The van der Waals surface area contributed by atoms with Crippen LogP contribution in [0.3, 0.4) is 0 Å². The molecule has 4 rings (SSSR count). The van der Waals surface area contributed by atoms with E-state index in [1.165, 1.54) is 5.56 Å². The van der Waals surface area contributed by atoms with Crippen molar-refractivity contribution in [1.29, 1.82) is 0 Å². The largest absolute Gasteiger partial charge is 0.368 e. The van der Waals surface area contributed by atoms with E-state index in [1.54, 1.807) is 6.20 Å². The van der Waals surface area contributed by atoms with Gasteiger partial charge in [-0.25, -0.2) is 9.67 Å². The Morgan fingerprint density at radius 2 is 1.73 bits per heavy atom. The predicted molar refractivity (Wildman–Crippen MR) is 122 cm³/mol. The molecule has 6 heteroatoms. The average molecular weight is 399 g/mol. The van der Waals surface area contributed by atoms with Gasteiger partial charge in [0.25, 0.3) is 0 Å². The van der Waals surface area contributed by atoms with Crippen LogP contribution in [0, 0.1) is 6.92 Å². The van der Waals surface area contributed by atoms with E-state index in [9.17, 15) is 0 Å². The minimum absolute atomic E-state index is 0.0684. The van der Waals surface area contributed by atoms with Crippen molar-refractivity contribution >= 4 is 17.5 Å². The van der Waals surface area contributed by atoms with Crippen LogP contribution in [0.15, 0.2) is 67.0 Å². The van der Waals surface area contributed by atoms with Gasteiger partial charge >= 0.3 is 0 Å². The van der Waals surface area contributed by atoms with E-state index in [1.807, 2.05) is 54.2 Å². The Bertz CT molecular complexity index is 1160. The van der Waals surface area contributed by atoms with Crippen molar-refractivity contribution in [3.05, 3.63) is 78.1 Å². The maximum Gasteiger partial charge on any atom is 0.222 e. The Balaban J connectivity index is 1.67. The monoisotopic (exact) mass is 398 g/mol. The van der Waals surface area contributed by atoms with Crippen LogP contribution in [0.2, 0.25) is 0 Å². The van der Waals surface area contributed by atoms with E-state index in [2.05, 4.69) is 59.4 Å². The van der Waals surface area contributed by atoms with E-state index in [4.69, 9.17) is 5.73 Å². The van der Waals surface area contributed by atoms with Crippen molar-refractivity contribution in [2.24, 2.45) is 0 Å². The summed E-state index contributed by atoms with van der Waals surface area (Å²) >= 11 is 0. The minimum Gasteiger partial charge on any atom is -0.368 e. The van der Waals surface area contributed by atoms with Gasteiger partial charge in [-0.05, 0) is 48.2 Å². The molecule has 3 N–H and O–H groups in total. The molecule has 4 aromatic rings. The molecule has 0 saturated carbocycles. The molecular weight excluding hydrogens is 372 g/mol. The summed E-state index contributed by atoms with van der Waals surface area (Å²) in [6, 6.07) is 18.3. The number of nitrogens with two attached hydrogens (primary N) is 1. The van der Waals surface area contributed by atoms with Crippen LogP contribution in [-0.4, -0.2) is 19.7 Å². The Kier molecular flexibility index (Phi) is 4.99. The second-order valence-electron chi connectivity index (χ2n) is 8.36. The normalized spacial score (nSPS) is 11.5. The summed E-state index contributed by atoms with van der Waals surface area (Å²) in [5, 5.41) is 7.69. The fraction of sp³-hybridized carbons (Fsp3) is 0.208. The molecule has 0 spiro atoms. The number of anilines is 3. The second kappa shape index (κ2) is 7.63. The van der Waals surface area contributed by atoms with Gasteiger partial charge in [0.1, 0.15) is 5.82 Å². The topological polar surface area (TPSA) is 81.6 Å². The summed E-state index contributed by atoms with van der Waals surface area (Å²) < 4.78 is 1.82. The molecule has 0 atom stereocenters. The molecule has 0 aliphatic rings. The Hall–Kier alpha value is -3.67. The minimum atomic E-state index is 0.0684. The average Bonchev–Trinajstić information content (AvgIpc) is 3.25. The lowest BCUT2D eigenvalue weighted by Crippen LogP contribution is -2.11. The summed E-state index contributed by atoms with van der Waals surface area (Å²) in [4.78, 5) is 8.94. The van der Waals surface area contributed by atoms with E-state index < -0.39 is 0 Å². The van der Waals surface area contributed by atoms with Crippen LogP contribution in [0.25, 0.3) is 16.9 Å². The molecule has 2 aromatic heterocycles. The number of rotatable bonds is 4. The van der Waals surface area contributed by atoms with Gasteiger partial charge in [-0.3, -0.25) is 0 Å². The van der Waals surface area contributed by atoms with Crippen LogP contribution in [0.5, 0.6) is 0 Å². The zero-order valence-electron chi connectivity index (χ0n) is 17.7. The molecule has 0 aliphatic carbocycles. The number of aromatic nitrogens is 4. The molecule has 2 aromatic carbocycles. The van der Waals surface area contributed by atoms with E-state index >= 15 is 0 Å². The molecule has 0 unspecified atom stereocenters. The van der Waals surface area contributed by atoms with Gasteiger partial charge in [0.15, 0.2) is 0 Å². The SMILES string of the molecule is Cc1c(Nc2cccc(C(C)(C)C)c2)nc(N)nc1-c1ccc(-n2cccn2)cc1. The molecule has 0 saturated heterocycles. The van der Waals surface area contributed by atoms with Crippen molar-refractivity contribution in [3.8, 4) is 16.9 Å². The Morgan fingerprint density at radius 3 is 2.40 bits per heavy atom. The van der Waals surface area contributed by atoms with Crippen LogP contribution in [0.4, 0.5) is 17.5 Å². The molecule has 0 amide bonds. The number of nitrogens with zero attached hydrogens (tertiary/aromatic N) is 4. The van der Waals surface area contributed by atoms with E-state index in [0.717, 1.165) is 28.2 Å². The molecule has 2 heterocycles. The maximum atomic E-state index is 6.05. The summed E-state index contributed by atoms with van der Waals surface area (Å²) in [5.41, 5.74) is 12.1. The van der Waals surface area contributed by atoms with Gasteiger partial charge in [-0.1, -0.05) is 45.0 Å². The zero-order valence-corrected chi connectivity index (χ0v) is 17.7. The third-order valence-corrected chi connectivity index (χ3v) is 5.06. The van der Waals surface area contributed by atoms with Crippen molar-refractivity contribution in [1.82, 2.24) is 19.7 Å². The van der Waals surface area contributed by atoms with Crippen molar-refractivity contribution in [2.45, 2.75) is 33.1 Å². The number of nitrogen functional groups attached to an aromatic ring is 1. The van der Waals surface area contributed by atoms with Crippen LogP contribution in [-0.2, 0) is 5.41 Å². The molecule has 152 valence electrons. The first-order valence-electron chi connectivity index (χ1n) is 9.93. The highest BCUT2D eigenvalue weighted by atomic mass is 15.3. The maximum absolute atomic E-state index is 6.05. The predicted octanol–water partition coefficient (Wildman–Crippen LogP) is 5.26. The highest BCUT2D eigenvalue weighted by Crippen LogP contribution is 2.30. The molecule has 30 heavy (non-hydrogen) atoms. The first-order chi connectivity index (χ1) is 14.3. The molecule has 0 aliphatic heterocycles. The second-order valence-corrected chi connectivity index (χ2v) is 8.36. The Morgan fingerprint density at radius 1 is 0.967 bits per heavy atom. The number of benzene rings is 2. The molecule has 0 bridgehead atoms. The first-order valence-corrected chi connectivity index (χ1v) is 9.93. The van der Waals surface area contributed by atoms with Crippen molar-refractivity contribution in [3.63, 3.8) is 0 Å².